The van der Waals surface area contributed by atoms with Crippen LogP contribution in [0.2, 0.25) is 0 Å². The summed E-state index contributed by atoms with van der Waals surface area (Å²) in [5.41, 5.74) is 2.33. The van der Waals surface area contributed by atoms with E-state index in [1.807, 2.05) is 18.2 Å². The van der Waals surface area contributed by atoms with Gasteiger partial charge in [0.2, 0.25) is 0 Å². The van der Waals surface area contributed by atoms with E-state index < -0.39 is 12.2 Å². The average molecular weight is 481 g/mol. The van der Waals surface area contributed by atoms with Crippen molar-refractivity contribution in [2.75, 3.05) is 11.9 Å². The van der Waals surface area contributed by atoms with Crippen molar-refractivity contribution in [2.45, 2.75) is 31.2 Å². The van der Waals surface area contributed by atoms with E-state index in [1.165, 1.54) is 6.33 Å². The van der Waals surface area contributed by atoms with E-state index >= 15 is 0 Å². The molecule has 1 saturated carbocycles. The third-order valence-corrected chi connectivity index (χ3v) is 5.74. The molecule has 0 amide bonds. The van der Waals surface area contributed by atoms with Crippen LogP contribution in [0.15, 0.2) is 36.9 Å². The monoisotopic (exact) mass is 481 g/mol. The maximum atomic E-state index is 10.4. The van der Waals surface area contributed by atoms with Crippen molar-refractivity contribution in [2.24, 2.45) is 5.92 Å². The number of benzene rings is 1. The normalized spacial score (nSPS) is 25.2. The molecule has 8 nitrogen and oxygen atoms in total. The Morgan fingerprint density at radius 3 is 2.78 bits per heavy atom. The zero-order valence-corrected chi connectivity index (χ0v) is 16.6. The van der Waals surface area contributed by atoms with E-state index in [0.29, 0.717) is 29.9 Å². The van der Waals surface area contributed by atoms with Gasteiger partial charge in [-0.05, 0) is 46.7 Å². The zero-order valence-electron chi connectivity index (χ0n) is 14.4. The van der Waals surface area contributed by atoms with Gasteiger partial charge in [0.05, 0.1) is 18.5 Å². The number of halogens is 1. The van der Waals surface area contributed by atoms with E-state index in [4.69, 9.17) is 0 Å². The lowest BCUT2D eigenvalue weighted by atomic mass is 10.1. The Kier molecular flexibility index (Phi) is 5.26. The lowest BCUT2D eigenvalue weighted by molar-refractivity contribution is -0.00370. The number of anilines is 1. The number of rotatable bonds is 5. The highest BCUT2D eigenvalue weighted by atomic mass is 127. The van der Waals surface area contributed by atoms with Crippen LogP contribution in [0.25, 0.3) is 11.2 Å². The first-order chi connectivity index (χ1) is 13.1. The molecule has 2 aromatic heterocycles. The summed E-state index contributed by atoms with van der Waals surface area (Å²) in [5.74, 6) is 0.256. The first-order valence-corrected chi connectivity index (χ1v) is 9.79. The van der Waals surface area contributed by atoms with Gasteiger partial charge in [-0.15, -0.1) is 0 Å². The Balaban J connectivity index is 1.60. The van der Waals surface area contributed by atoms with E-state index in [1.54, 1.807) is 10.9 Å². The molecule has 0 aliphatic heterocycles. The molecule has 0 radical (unpaired) electrons. The quantitative estimate of drug-likeness (QED) is 0.407. The average Bonchev–Trinajstić information content (AvgIpc) is 3.22. The van der Waals surface area contributed by atoms with Crippen LogP contribution in [0.5, 0.6) is 0 Å². The second kappa shape index (κ2) is 7.66. The summed E-state index contributed by atoms with van der Waals surface area (Å²) in [6.07, 6.45) is 1.59. The summed E-state index contributed by atoms with van der Waals surface area (Å²) in [4.78, 5) is 13.0. The van der Waals surface area contributed by atoms with Crippen LogP contribution in [-0.2, 0) is 6.54 Å². The number of imidazole rings is 1. The Hall–Kier alpha value is -1.82. The molecular weight excluding hydrogens is 461 g/mol. The highest BCUT2D eigenvalue weighted by Gasteiger charge is 2.42. The Morgan fingerprint density at radius 1 is 1.19 bits per heavy atom. The van der Waals surface area contributed by atoms with Crippen LogP contribution < -0.4 is 5.32 Å². The molecule has 4 N–H and O–H groups in total. The van der Waals surface area contributed by atoms with Crippen LogP contribution in [0.3, 0.4) is 0 Å². The standard InChI is InChI=1S/C18H20IN5O3/c19-12-3-1-2-10(4-12)6-20-17-14-18(22-8-21-17)24(9-23-14)13-5-11(7-25)15(26)16(13)27/h1-4,8-9,11,13,15-16,25-27H,5-7H2,(H,20,21,22). The van der Waals surface area contributed by atoms with Gasteiger partial charge in [-0.1, -0.05) is 12.1 Å². The van der Waals surface area contributed by atoms with Gasteiger partial charge in [-0.2, -0.15) is 0 Å². The minimum absolute atomic E-state index is 0.168. The van der Waals surface area contributed by atoms with Crippen molar-refractivity contribution in [3.63, 3.8) is 0 Å². The lowest BCUT2D eigenvalue weighted by Gasteiger charge is -2.18. The van der Waals surface area contributed by atoms with E-state index in [-0.39, 0.29) is 18.6 Å². The largest absolute Gasteiger partial charge is 0.396 e. The molecule has 142 valence electrons. The summed E-state index contributed by atoms with van der Waals surface area (Å²) in [5, 5.41) is 33.1. The molecule has 0 bridgehead atoms. The number of aliphatic hydroxyl groups excluding tert-OH is 3. The first kappa shape index (κ1) is 18.5. The van der Waals surface area contributed by atoms with E-state index in [9.17, 15) is 15.3 Å². The fraction of sp³-hybridized carbons (Fsp3) is 0.389. The molecule has 4 unspecified atom stereocenters. The minimum atomic E-state index is -0.975. The second-order valence-electron chi connectivity index (χ2n) is 6.76. The fourth-order valence-electron chi connectivity index (χ4n) is 3.61. The highest BCUT2D eigenvalue weighted by molar-refractivity contribution is 14.1. The van der Waals surface area contributed by atoms with Crippen molar-refractivity contribution >= 4 is 39.6 Å². The molecule has 1 fully saturated rings. The van der Waals surface area contributed by atoms with Crippen molar-refractivity contribution in [1.29, 1.82) is 0 Å². The van der Waals surface area contributed by atoms with Crippen molar-refractivity contribution in [3.8, 4) is 0 Å². The van der Waals surface area contributed by atoms with Crippen molar-refractivity contribution in [3.05, 3.63) is 46.1 Å². The number of nitrogens with one attached hydrogen (secondary N) is 1. The molecule has 1 aromatic carbocycles. The molecule has 0 saturated heterocycles. The lowest BCUT2D eigenvalue weighted by Crippen LogP contribution is -2.30. The SMILES string of the molecule is OCC1CC(n2cnc3c(NCc4cccc(I)c4)ncnc32)C(O)C1O. The maximum Gasteiger partial charge on any atom is 0.165 e. The molecule has 1 aliphatic rings. The number of fused-ring (bicyclic) bond motifs is 1. The fourth-order valence-corrected chi connectivity index (χ4v) is 4.22. The molecule has 0 spiro atoms. The van der Waals surface area contributed by atoms with Gasteiger partial charge in [0.15, 0.2) is 11.5 Å². The van der Waals surface area contributed by atoms with E-state index in [0.717, 1.165) is 9.13 Å². The van der Waals surface area contributed by atoms with Gasteiger partial charge >= 0.3 is 0 Å². The maximum absolute atomic E-state index is 10.4. The predicted octanol–water partition coefficient (Wildman–Crippen LogP) is 1.32. The molecule has 9 heteroatoms. The topological polar surface area (TPSA) is 116 Å². The van der Waals surface area contributed by atoms with Gasteiger partial charge in [0.1, 0.15) is 17.9 Å². The number of aliphatic hydroxyl groups is 3. The number of hydrogen-bond donors (Lipinski definition) is 4. The minimum Gasteiger partial charge on any atom is -0.396 e. The van der Waals surface area contributed by atoms with Gasteiger partial charge < -0.3 is 25.2 Å². The molecule has 27 heavy (non-hydrogen) atoms. The van der Waals surface area contributed by atoms with E-state index in [2.05, 4.69) is 48.9 Å². The molecule has 3 aromatic rings. The van der Waals surface area contributed by atoms with Gasteiger partial charge in [0.25, 0.3) is 0 Å². The molecule has 4 rings (SSSR count). The smallest absolute Gasteiger partial charge is 0.165 e. The van der Waals surface area contributed by atoms with Crippen LogP contribution >= 0.6 is 22.6 Å². The van der Waals surface area contributed by atoms with Gasteiger partial charge in [-0.25, -0.2) is 15.0 Å². The van der Waals surface area contributed by atoms with Crippen LogP contribution in [0.4, 0.5) is 5.82 Å². The summed E-state index contributed by atoms with van der Waals surface area (Å²) >= 11 is 2.28. The van der Waals surface area contributed by atoms with Crippen LogP contribution in [-0.4, -0.2) is 53.7 Å². The third-order valence-electron chi connectivity index (χ3n) is 5.07. The molecule has 4 atom stereocenters. The highest BCUT2D eigenvalue weighted by Crippen LogP contribution is 2.37. The Bertz CT molecular complexity index is 950. The molecule has 1 aliphatic carbocycles. The summed E-state index contributed by atoms with van der Waals surface area (Å²) in [6, 6.07) is 7.79. The number of nitrogens with zero attached hydrogens (tertiary/aromatic N) is 4. The number of aromatic nitrogens is 4. The van der Waals surface area contributed by atoms with Crippen molar-refractivity contribution in [1.82, 2.24) is 19.5 Å². The number of hydrogen-bond acceptors (Lipinski definition) is 7. The van der Waals surface area contributed by atoms with Crippen LogP contribution in [0.1, 0.15) is 18.0 Å². The summed E-state index contributed by atoms with van der Waals surface area (Å²) < 4.78 is 2.92. The summed E-state index contributed by atoms with van der Waals surface area (Å²) in [7, 11) is 0. The first-order valence-electron chi connectivity index (χ1n) is 8.71. The molecule has 2 heterocycles. The Labute approximate surface area is 169 Å². The zero-order chi connectivity index (χ0) is 19.0. The van der Waals surface area contributed by atoms with Crippen LogP contribution in [0, 0.1) is 9.49 Å². The van der Waals surface area contributed by atoms with Gasteiger partial charge in [-0.3, -0.25) is 0 Å². The van der Waals surface area contributed by atoms with Gasteiger partial charge in [0, 0.05) is 22.6 Å². The summed E-state index contributed by atoms with van der Waals surface area (Å²) in [6.45, 7) is 0.437. The third kappa shape index (κ3) is 3.51. The second-order valence-corrected chi connectivity index (χ2v) is 8.00. The predicted molar refractivity (Wildman–Crippen MR) is 108 cm³/mol. The Morgan fingerprint density at radius 2 is 2.04 bits per heavy atom. The molecular formula is C18H20IN5O3. The van der Waals surface area contributed by atoms with Crippen molar-refractivity contribution < 1.29 is 15.3 Å².